The SMILES string of the molecule is CCOc1cc(C#N)cc(Br)c1OCC(=O)NCc1ccccc1CN1CCOCC1. The van der Waals surface area contributed by atoms with E-state index < -0.39 is 0 Å². The fourth-order valence-corrected chi connectivity index (χ4v) is 3.86. The van der Waals surface area contributed by atoms with Gasteiger partial charge in [0.15, 0.2) is 18.1 Å². The maximum atomic E-state index is 12.4. The zero-order chi connectivity index (χ0) is 22.1. The van der Waals surface area contributed by atoms with E-state index in [1.807, 2.05) is 25.1 Å². The van der Waals surface area contributed by atoms with Crippen LogP contribution in [0, 0.1) is 11.3 Å². The molecular weight excluding hydrogens is 462 g/mol. The van der Waals surface area contributed by atoms with Crippen molar-refractivity contribution in [2.24, 2.45) is 0 Å². The molecule has 2 aromatic rings. The van der Waals surface area contributed by atoms with E-state index in [2.05, 4.69) is 38.3 Å². The minimum atomic E-state index is -0.236. The van der Waals surface area contributed by atoms with Crippen molar-refractivity contribution in [2.75, 3.05) is 39.5 Å². The van der Waals surface area contributed by atoms with Crippen LogP contribution in [0.4, 0.5) is 0 Å². The number of amides is 1. The van der Waals surface area contributed by atoms with Crippen molar-refractivity contribution < 1.29 is 19.0 Å². The molecule has 0 atom stereocenters. The Bertz CT molecular complexity index is 939. The topological polar surface area (TPSA) is 83.8 Å². The lowest BCUT2D eigenvalue weighted by molar-refractivity contribution is -0.123. The number of nitriles is 1. The zero-order valence-electron chi connectivity index (χ0n) is 17.5. The molecule has 0 bridgehead atoms. The van der Waals surface area contributed by atoms with E-state index in [-0.39, 0.29) is 12.5 Å². The highest BCUT2D eigenvalue weighted by atomic mass is 79.9. The van der Waals surface area contributed by atoms with Gasteiger partial charge in [-0.25, -0.2) is 0 Å². The number of halogens is 1. The van der Waals surface area contributed by atoms with E-state index in [0.29, 0.717) is 34.7 Å². The minimum absolute atomic E-state index is 0.157. The van der Waals surface area contributed by atoms with Crippen molar-refractivity contribution in [1.29, 1.82) is 5.26 Å². The minimum Gasteiger partial charge on any atom is -0.490 e. The van der Waals surface area contributed by atoms with E-state index in [1.54, 1.807) is 12.1 Å². The second-order valence-electron chi connectivity index (χ2n) is 7.05. The van der Waals surface area contributed by atoms with Crippen molar-refractivity contribution in [3.05, 3.63) is 57.6 Å². The molecule has 2 aromatic carbocycles. The monoisotopic (exact) mass is 487 g/mol. The number of nitrogens with zero attached hydrogens (tertiary/aromatic N) is 2. The summed E-state index contributed by atoms with van der Waals surface area (Å²) in [5.41, 5.74) is 2.72. The van der Waals surface area contributed by atoms with Crippen molar-refractivity contribution in [1.82, 2.24) is 10.2 Å². The lowest BCUT2D eigenvalue weighted by atomic mass is 10.1. The van der Waals surface area contributed by atoms with Gasteiger partial charge in [0.2, 0.25) is 0 Å². The molecule has 1 aliphatic heterocycles. The summed E-state index contributed by atoms with van der Waals surface area (Å²) in [6.45, 7) is 6.71. The number of morpholine rings is 1. The maximum absolute atomic E-state index is 12.4. The molecular formula is C23H26BrN3O4. The van der Waals surface area contributed by atoms with Crippen LogP contribution in [0.25, 0.3) is 0 Å². The molecule has 0 aromatic heterocycles. The van der Waals surface area contributed by atoms with Crippen LogP contribution in [-0.2, 0) is 22.6 Å². The largest absolute Gasteiger partial charge is 0.490 e. The fraction of sp³-hybridized carbons (Fsp3) is 0.391. The van der Waals surface area contributed by atoms with E-state index >= 15 is 0 Å². The van der Waals surface area contributed by atoms with Gasteiger partial charge in [-0.05, 0) is 40.0 Å². The molecule has 0 spiro atoms. The summed E-state index contributed by atoms with van der Waals surface area (Å²) in [6, 6.07) is 13.4. The van der Waals surface area contributed by atoms with E-state index in [9.17, 15) is 4.79 Å². The quantitative estimate of drug-likeness (QED) is 0.584. The highest BCUT2D eigenvalue weighted by Gasteiger charge is 2.15. The average molecular weight is 488 g/mol. The van der Waals surface area contributed by atoms with Gasteiger partial charge in [-0.1, -0.05) is 24.3 Å². The Hall–Kier alpha value is -2.60. The molecule has 1 aliphatic rings. The summed E-state index contributed by atoms with van der Waals surface area (Å²) in [6.07, 6.45) is 0. The van der Waals surface area contributed by atoms with Crippen LogP contribution in [0.3, 0.4) is 0 Å². The molecule has 0 unspecified atom stereocenters. The van der Waals surface area contributed by atoms with Gasteiger partial charge in [0.1, 0.15) is 0 Å². The van der Waals surface area contributed by atoms with Gasteiger partial charge < -0.3 is 19.5 Å². The number of benzene rings is 2. The Morgan fingerprint density at radius 3 is 2.68 bits per heavy atom. The van der Waals surface area contributed by atoms with Crippen molar-refractivity contribution in [3.8, 4) is 17.6 Å². The molecule has 7 nitrogen and oxygen atoms in total. The first kappa shape index (κ1) is 23.1. The molecule has 164 valence electrons. The predicted molar refractivity (Wildman–Crippen MR) is 120 cm³/mol. The molecule has 0 radical (unpaired) electrons. The molecule has 0 aliphatic carbocycles. The van der Waals surface area contributed by atoms with Crippen molar-refractivity contribution >= 4 is 21.8 Å². The van der Waals surface area contributed by atoms with Crippen LogP contribution >= 0.6 is 15.9 Å². The Morgan fingerprint density at radius 1 is 1.23 bits per heavy atom. The molecule has 1 N–H and O–H groups in total. The first-order valence-corrected chi connectivity index (χ1v) is 11.0. The van der Waals surface area contributed by atoms with Crippen LogP contribution in [-0.4, -0.2) is 50.3 Å². The van der Waals surface area contributed by atoms with Gasteiger partial charge in [-0.3, -0.25) is 9.69 Å². The van der Waals surface area contributed by atoms with Crippen LogP contribution < -0.4 is 14.8 Å². The van der Waals surface area contributed by atoms with Gasteiger partial charge in [0, 0.05) is 32.2 Å². The number of carbonyl (C=O) groups is 1. The normalized spacial score (nSPS) is 14.0. The molecule has 1 heterocycles. The number of hydrogen-bond acceptors (Lipinski definition) is 6. The fourth-order valence-electron chi connectivity index (χ4n) is 3.30. The van der Waals surface area contributed by atoms with Crippen LogP contribution in [0.1, 0.15) is 23.6 Å². The lowest BCUT2D eigenvalue weighted by Crippen LogP contribution is -2.36. The van der Waals surface area contributed by atoms with Gasteiger partial charge in [0.25, 0.3) is 5.91 Å². The second-order valence-corrected chi connectivity index (χ2v) is 7.91. The smallest absolute Gasteiger partial charge is 0.258 e. The number of carbonyl (C=O) groups excluding carboxylic acids is 1. The first-order valence-electron chi connectivity index (χ1n) is 10.2. The molecule has 3 rings (SSSR count). The standard InChI is InChI=1S/C23H26BrN3O4/c1-2-30-21-12-17(13-25)11-20(24)23(21)31-16-22(28)26-14-18-5-3-4-6-19(18)15-27-7-9-29-10-8-27/h3-6,11-12H,2,7-10,14-16H2,1H3,(H,26,28). The summed E-state index contributed by atoms with van der Waals surface area (Å²) in [7, 11) is 0. The molecule has 1 saturated heterocycles. The third kappa shape index (κ3) is 6.69. The Labute approximate surface area is 191 Å². The summed E-state index contributed by atoms with van der Waals surface area (Å²) < 4.78 is 17.2. The van der Waals surface area contributed by atoms with E-state index in [0.717, 1.165) is 38.4 Å². The first-order chi connectivity index (χ1) is 15.1. The summed E-state index contributed by atoms with van der Waals surface area (Å²) >= 11 is 3.39. The predicted octanol–water partition coefficient (Wildman–Crippen LogP) is 3.25. The Balaban J connectivity index is 1.57. The molecule has 1 fully saturated rings. The van der Waals surface area contributed by atoms with Crippen molar-refractivity contribution in [2.45, 2.75) is 20.0 Å². The number of hydrogen-bond donors (Lipinski definition) is 1. The van der Waals surface area contributed by atoms with Gasteiger partial charge >= 0.3 is 0 Å². The Morgan fingerprint density at radius 2 is 1.97 bits per heavy atom. The molecule has 0 saturated carbocycles. The molecule has 8 heteroatoms. The number of rotatable bonds is 9. The maximum Gasteiger partial charge on any atom is 0.258 e. The van der Waals surface area contributed by atoms with Crippen LogP contribution in [0.2, 0.25) is 0 Å². The summed E-state index contributed by atoms with van der Waals surface area (Å²) in [5, 5.41) is 12.1. The summed E-state index contributed by atoms with van der Waals surface area (Å²) in [4.78, 5) is 14.8. The number of ether oxygens (including phenoxy) is 3. The second kappa shape index (κ2) is 11.7. The average Bonchev–Trinajstić information content (AvgIpc) is 2.78. The van der Waals surface area contributed by atoms with Gasteiger partial charge in [0.05, 0.1) is 35.9 Å². The van der Waals surface area contributed by atoms with Gasteiger partial charge in [-0.15, -0.1) is 0 Å². The molecule has 1 amide bonds. The Kier molecular flexibility index (Phi) is 8.71. The number of nitrogens with one attached hydrogen (secondary N) is 1. The van der Waals surface area contributed by atoms with E-state index in [4.69, 9.17) is 19.5 Å². The third-order valence-electron chi connectivity index (χ3n) is 4.88. The highest BCUT2D eigenvalue weighted by molar-refractivity contribution is 9.10. The van der Waals surface area contributed by atoms with Crippen molar-refractivity contribution in [3.63, 3.8) is 0 Å². The highest BCUT2D eigenvalue weighted by Crippen LogP contribution is 2.36. The van der Waals surface area contributed by atoms with Gasteiger partial charge in [-0.2, -0.15) is 5.26 Å². The molecule has 31 heavy (non-hydrogen) atoms. The zero-order valence-corrected chi connectivity index (χ0v) is 19.1. The third-order valence-corrected chi connectivity index (χ3v) is 5.47. The van der Waals surface area contributed by atoms with Crippen LogP contribution in [0.15, 0.2) is 40.9 Å². The lowest BCUT2D eigenvalue weighted by Gasteiger charge is -2.27. The van der Waals surface area contributed by atoms with Crippen LogP contribution in [0.5, 0.6) is 11.5 Å². The van der Waals surface area contributed by atoms with E-state index in [1.165, 1.54) is 5.56 Å². The summed E-state index contributed by atoms with van der Waals surface area (Å²) in [5.74, 6) is 0.598.